The number of alkyl carbamates (subject to hydrolysis) is 1. The van der Waals surface area contributed by atoms with Crippen LogP contribution in [0.25, 0.3) is 0 Å². The Morgan fingerprint density at radius 3 is 2.67 bits per heavy atom. The number of amides is 1. The number of halogens is 2. The van der Waals surface area contributed by atoms with E-state index < -0.39 is 22.7 Å². The maximum Gasteiger partial charge on any atom is 0.407 e. The van der Waals surface area contributed by atoms with Gasteiger partial charge in [0.1, 0.15) is 6.10 Å². The van der Waals surface area contributed by atoms with Crippen molar-refractivity contribution in [1.29, 1.82) is 0 Å². The highest BCUT2D eigenvalue weighted by molar-refractivity contribution is 7.92. The molecule has 0 radical (unpaired) electrons. The predicted molar refractivity (Wildman–Crippen MR) is 119 cm³/mol. The van der Waals surface area contributed by atoms with Gasteiger partial charge >= 0.3 is 12.7 Å². The molecule has 13 heteroatoms. The van der Waals surface area contributed by atoms with Crippen LogP contribution in [0, 0.1) is 0 Å². The zero-order valence-electron chi connectivity index (χ0n) is 18.4. The number of hydrogen-bond acceptors (Lipinski definition) is 7. The normalized spacial score (nSPS) is 18.4. The molecule has 1 aliphatic rings. The zero-order valence-corrected chi connectivity index (χ0v) is 19.2. The molecule has 1 aromatic heterocycles. The third-order valence-electron chi connectivity index (χ3n) is 4.87. The fourth-order valence-corrected chi connectivity index (χ4v) is 4.15. The first-order valence-corrected chi connectivity index (χ1v) is 12.2. The number of alkyl halides is 2. The number of benzene rings is 1. The molecule has 1 aliphatic carbocycles. The van der Waals surface area contributed by atoms with Crippen LogP contribution in [0.5, 0.6) is 5.75 Å². The van der Waals surface area contributed by atoms with Crippen LogP contribution in [-0.2, 0) is 14.8 Å². The lowest BCUT2D eigenvalue weighted by molar-refractivity contribution is -0.0492. The van der Waals surface area contributed by atoms with Gasteiger partial charge in [0.15, 0.2) is 11.6 Å². The lowest BCUT2D eigenvalue weighted by atomic mass is 10.0. The van der Waals surface area contributed by atoms with Crippen molar-refractivity contribution in [3.63, 3.8) is 0 Å². The Morgan fingerprint density at radius 1 is 1.24 bits per heavy atom. The molecular formula is C20H27F2N5O5S. The number of hydrogen-bond donors (Lipinski definition) is 4. The average molecular weight is 488 g/mol. The Bertz CT molecular complexity index is 1080. The second-order valence-electron chi connectivity index (χ2n) is 8.13. The highest BCUT2D eigenvalue weighted by Crippen LogP contribution is 2.36. The van der Waals surface area contributed by atoms with Crippen LogP contribution in [0.4, 0.5) is 30.8 Å². The van der Waals surface area contributed by atoms with Crippen molar-refractivity contribution >= 4 is 33.3 Å². The van der Waals surface area contributed by atoms with Gasteiger partial charge in [-0.05, 0) is 45.2 Å². The van der Waals surface area contributed by atoms with E-state index in [1.807, 2.05) is 13.8 Å². The van der Waals surface area contributed by atoms with Gasteiger partial charge in [0.05, 0.1) is 11.9 Å². The summed E-state index contributed by atoms with van der Waals surface area (Å²) < 4.78 is 60.5. The summed E-state index contributed by atoms with van der Waals surface area (Å²) in [5.41, 5.74) is 1.12. The number of rotatable bonds is 9. The molecule has 0 saturated heterocycles. The molecule has 0 spiro atoms. The van der Waals surface area contributed by atoms with Gasteiger partial charge in [0.2, 0.25) is 10.0 Å². The lowest BCUT2D eigenvalue weighted by Crippen LogP contribution is -2.33. The Balaban J connectivity index is 1.65. The van der Waals surface area contributed by atoms with E-state index >= 15 is 0 Å². The fourth-order valence-electron chi connectivity index (χ4n) is 3.59. The minimum Gasteiger partial charge on any atom is -0.446 e. The highest BCUT2D eigenvalue weighted by atomic mass is 32.2. The topological polar surface area (TPSA) is 134 Å². The second kappa shape index (κ2) is 10.2. The zero-order chi connectivity index (χ0) is 24.2. The Hall–Kier alpha value is -3.09. The van der Waals surface area contributed by atoms with E-state index in [0.29, 0.717) is 17.9 Å². The van der Waals surface area contributed by atoms with Crippen LogP contribution in [-0.4, -0.2) is 49.7 Å². The minimum atomic E-state index is -3.68. The molecule has 182 valence electrons. The van der Waals surface area contributed by atoms with Crippen molar-refractivity contribution in [1.82, 2.24) is 15.5 Å². The summed E-state index contributed by atoms with van der Waals surface area (Å²) in [4.78, 5) is 11.8. The number of sulfonamides is 1. The molecule has 0 aliphatic heterocycles. The SMILES string of the molecule is CC(C)NC(=O)O[C@H]1CC[C@@H](c2cc(Nc3ccc(NS(C)(=O)=O)c(OC(F)F)c3)n[nH]2)C1. The smallest absolute Gasteiger partial charge is 0.407 e. The fraction of sp³-hybridized carbons (Fsp3) is 0.500. The average Bonchev–Trinajstić information content (AvgIpc) is 3.31. The van der Waals surface area contributed by atoms with Crippen LogP contribution in [0.1, 0.15) is 44.7 Å². The Kier molecular flexibility index (Phi) is 7.61. The van der Waals surface area contributed by atoms with E-state index in [-0.39, 0.29) is 29.5 Å². The third kappa shape index (κ3) is 7.48. The minimum absolute atomic E-state index is 0.00114. The molecule has 3 rings (SSSR count). The quantitative estimate of drug-likeness (QED) is 0.421. The first-order valence-electron chi connectivity index (χ1n) is 10.3. The van der Waals surface area contributed by atoms with E-state index in [1.165, 1.54) is 18.2 Å². The lowest BCUT2D eigenvalue weighted by Gasteiger charge is -2.14. The monoisotopic (exact) mass is 487 g/mol. The summed E-state index contributed by atoms with van der Waals surface area (Å²) in [7, 11) is -3.68. The van der Waals surface area contributed by atoms with Crippen molar-refractivity contribution in [2.45, 2.75) is 57.8 Å². The van der Waals surface area contributed by atoms with E-state index in [1.54, 1.807) is 6.07 Å². The second-order valence-corrected chi connectivity index (χ2v) is 9.88. The van der Waals surface area contributed by atoms with Gasteiger partial charge in [-0.25, -0.2) is 13.2 Å². The van der Waals surface area contributed by atoms with E-state index in [4.69, 9.17) is 4.74 Å². The number of ether oxygens (including phenoxy) is 2. The molecule has 1 fully saturated rings. The highest BCUT2D eigenvalue weighted by Gasteiger charge is 2.30. The van der Waals surface area contributed by atoms with Crippen LogP contribution in [0.2, 0.25) is 0 Å². The molecule has 0 unspecified atom stereocenters. The van der Waals surface area contributed by atoms with Gasteiger partial charge in [-0.15, -0.1) is 0 Å². The molecule has 1 amide bonds. The molecule has 10 nitrogen and oxygen atoms in total. The predicted octanol–water partition coefficient (Wildman–Crippen LogP) is 3.90. The molecule has 1 heterocycles. The Labute approximate surface area is 190 Å². The van der Waals surface area contributed by atoms with E-state index in [0.717, 1.165) is 24.8 Å². The van der Waals surface area contributed by atoms with Gasteiger partial charge in [-0.2, -0.15) is 13.9 Å². The van der Waals surface area contributed by atoms with Crippen molar-refractivity contribution in [3.8, 4) is 5.75 Å². The van der Waals surface area contributed by atoms with Crippen LogP contribution in [0.3, 0.4) is 0 Å². The van der Waals surface area contributed by atoms with Crippen LogP contribution < -0.4 is 20.1 Å². The molecular weight excluding hydrogens is 460 g/mol. The van der Waals surface area contributed by atoms with Crippen molar-refractivity contribution in [3.05, 3.63) is 30.0 Å². The number of aromatic amines is 1. The first-order chi connectivity index (χ1) is 15.5. The number of nitrogens with one attached hydrogen (secondary N) is 4. The largest absolute Gasteiger partial charge is 0.446 e. The van der Waals surface area contributed by atoms with Gasteiger partial charge in [-0.1, -0.05) is 0 Å². The molecule has 33 heavy (non-hydrogen) atoms. The van der Waals surface area contributed by atoms with Gasteiger partial charge in [-0.3, -0.25) is 9.82 Å². The molecule has 1 saturated carbocycles. The molecule has 4 N–H and O–H groups in total. The Morgan fingerprint density at radius 2 is 2.00 bits per heavy atom. The van der Waals surface area contributed by atoms with Crippen molar-refractivity contribution in [2.24, 2.45) is 0 Å². The molecule has 2 aromatic rings. The third-order valence-corrected chi connectivity index (χ3v) is 5.46. The summed E-state index contributed by atoms with van der Waals surface area (Å²) >= 11 is 0. The van der Waals surface area contributed by atoms with Gasteiger partial charge in [0.25, 0.3) is 0 Å². The summed E-state index contributed by atoms with van der Waals surface area (Å²) in [6.45, 7) is 0.587. The number of H-pyrrole nitrogens is 1. The first kappa shape index (κ1) is 24.6. The number of aromatic nitrogens is 2. The number of nitrogens with zero attached hydrogens (tertiary/aromatic N) is 1. The van der Waals surface area contributed by atoms with Gasteiger partial charge in [0, 0.05) is 35.5 Å². The summed E-state index contributed by atoms with van der Waals surface area (Å²) in [5, 5.41) is 12.8. The molecule has 1 aromatic carbocycles. The van der Waals surface area contributed by atoms with Crippen LogP contribution in [0.15, 0.2) is 24.3 Å². The number of carbonyl (C=O) groups excluding carboxylic acids is 1. The van der Waals surface area contributed by atoms with Crippen LogP contribution >= 0.6 is 0 Å². The standard InChI is InChI=1S/C20H27F2N5O5S/c1-11(2)23-20(28)31-14-6-4-12(8-14)16-10-18(26-25-16)24-13-5-7-15(27-33(3,29)30)17(9-13)32-19(21)22/h5,7,9-12,14,19,27H,4,6,8H2,1-3H3,(H,23,28)(H2,24,25,26)/t12-,14+/m1/s1. The van der Waals surface area contributed by atoms with E-state index in [9.17, 15) is 22.0 Å². The molecule has 0 bridgehead atoms. The van der Waals surface area contributed by atoms with Gasteiger partial charge < -0.3 is 20.1 Å². The summed E-state index contributed by atoms with van der Waals surface area (Å²) in [6, 6.07) is 5.86. The van der Waals surface area contributed by atoms with E-state index in [2.05, 4.69) is 30.3 Å². The summed E-state index contributed by atoms with van der Waals surface area (Å²) in [6.07, 6.45) is 2.51. The number of carbonyl (C=O) groups is 1. The van der Waals surface area contributed by atoms with Crippen molar-refractivity contribution < 1.29 is 31.5 Å². The van der Waals surface area contributed by atoms with Crippen molar-refractivity contribution in [2.75, 3.05) is 16.3 Å². The molecule has 2 atom stereocenters. The maximum atomic E-state index is 12.8. The number of anilines is 3. The maximum absolute atomic E-state index is 12.8. The summed E-state index contributed by atoms with van der Waals surface area (Å²) in [5.74, 6) is 0.245.